The first-order valence-electron chi connectivity index (χ1n) is 9.86. The first kappa shape index (κ1) is 21.9. The molecule has 0 bridgehead atoms. The SMILES string of the molecule is C=CCN1C(=O)/C(=C/c2ccc(OCc3cccc4ccccc34)c(Br)c2)C(=O)NC1=S. The van der Waals surface area contributed by atoms with Gasteiger partial charge < -0.3 is 4.74 Å². The van der Waals surface area contributed by atoms with Crippen LogP contribution in [0.3, 0.4) is 0 Å². The van der Waals surface area contributed by atoms with Crippen LogP contribution in [0.15, 0.2) is 83.4 Å². The van der Waals surface area contributed by atoms with Crippen molar-refractivity contribution in [2.75, 3.05) is 6.54 Å². The van der Waals surface area contributed by atoms with Gasteiger partial charge in [0.05, 0.1) is 4.47 Å². The van der Waals surface area contributed by atoms with E-state index < -0.39 is 11.8 Å². The summed E-state index contributed by atoms with van der Waals surface area (Å²) < 4.78 is 6.75. The van der Waals surface area contributed by atoms with Crippen LogP contribution in [0.25, 0.3) is 16.8 Å². The smallest absolute Gasteiger partial charge is 0.265 e. The average Bonchev–Trinajstić information content (AvgIpc) is 2.79. The van der Waals surface area contributed by atoms with Crippen LogP contribution in [0.2, 0.25) is 0 Å². The van der Waals surface area contributed by atoms with Crippen LogP contribution in [0.5, 0.6) is 5.75 Å². The van der Waals surface area contributed by atoms with Crippen molar-refractivity contribution >= 4 is 61.9 Å². The van der Waals surface area contributed by atoms with Gasteiger partial charge in [-0.1, -0.05) is 54.6 Å². The van der Waals surface area contributed by atoms with Gasteiger partial charge in [0.25, 0.3) is 11.8 Å². The predicted octanol–water partition coefficient (Wildman–Crippen LogP) is 4.99. The Morgan fingerprint density at radius 1 is 1.09 bits per heavy atom. The maximum Gasteiger partial charge on any atom is 0.265 e. The van der Waals surface area contributed by atoms with E-state index in [9.17, 15) is 9.59 Å². The summed E-state index contributed by atoms with van der Waals surface area (Å²) in [6, 6.07) is 19.7. The molecule has 3 aromatic carbocycles. The lowest BCUT2D eigenvalue weighted by molar-refractivity contribution is -0.128. The normalized spacial score (nSPS) is 15.2. The molecule has 0 saturated carbocycles. The van der Waals surface area contributed by atoms with Gasteiger partial charge in [-0.05, 0) is 68.3 Å². The molecule has 1 fully saturated rings. The Labute approximate surface area is 199 Å². The van der Waals surface area contributed by atoms with Gasteiger partial charge in [0, 0.05) is 6.54 Å². The lowest BCUT2D eigenvalue weighted by atomic mass is 10.1. The van der Waals surface area contributed by atoms with Crippen molar-refractivity contribution in [3.63, 3.8) is 0 Å². The number of ether oxygens (including phenoxy) is 1. The molecule has 32 heavy (non-hydrogen) atoms. The molecule has 1 aliphatic rings. The fourth-order valence-electron chi connectivity index (χ4n) is 3.45. The summed E-state index contributed by atoms with van der Waals surface area (Å²) in [6.07, 6.45) is 3.09. The molecule has 5 nitrogen and oxygen atoms in total. The maximum atomic E-state index is 12.7. The molecule has 0 unspecified atom stereocenters. The fraction of sp³-hybridized carbons (Fsp3) is 0.0800. The van der Waals surface area contributed by atoms with Crippen molar-refractivity contribution in [2.24, 2.45) is 0 Å². The van der Waals surface area contributed by atoms with Crippen LogP contribution in [-0.4, -0.2) is 28.4 Å². The zero-order valence-corrected chi connectivity index (χ0v) is 19.4. The second kappa shape index (κ2) is 9.46. The Kier molecular flexibility index (Phi) is 6.48. The number of rotatable bonds is 6. The lowest BCUT2D eigenvalue weighted by Gasteiger charge is -2.27. The van der Waals surface area contributed by atoms with Crippen molar-refractivity contribution in [3.05, 3.63) is 94.5 Å². The summed E-state index contributed by atoms with van der Waals surface area (Å²) >= 11 is 8.60. The minimum atomic E-state index is -0.521. The summed E-state index contributed by atoms with van der Waals surface area (Å²) in [4.78, 5) is 26.3. The molecule has 0 aliphatic carbocycles. The highest BCUT2D eigenvalue weighted by molar-refractivity contribution is 9.10. The molecular formula is C25H19BrN2O3S. The standard InChI is InChI=1S/C25H19BrN2O3S/c1-2-12-28-24(30)20(23(29)27-25(28)32)13-16-10-11-22(21(26)14-16)31-15-18-8-5-7-17-6-3-4-9-19(17)18/h2-11,13-14H,1,12,15H2,(H,27,29,32)/b20-13+. The second-order valence-electron chi connectivity index (χ2n) is 7.14. The molecule has 7 heteroatoms. The molecule has 1 saturated heterocycles. The lowest BCUT2D eigenvalue weighted by Crippen LogP contribution is -2.53. The van der Waals surface area contributed by atoms with Crippen molar-refractivity contribution in [2.45, 2.75) is 6.61 Å². The zero-order chi connectivity index (χ0) is 22.7. The van der Waals surface area contributed by atoms with Gasteiger partial charge in [0.1, 0.15) is 17.9 Å². The van der Waals surface area contributed by atoms with Crippen LogP contribution in [0.1, 0.15) is 11.1 Å². The molecule has 1 heterocycles. The van der Waals surface area contributed by atoms with Gasteiger partial charge in [-0.2, -0.15) is 0 Å². The quantitative estimate of drug-likeness (QED) is 0.221. The highest BCUT2D eigenvalue weighted by Crippen LogP contribution is 2.29. The number of carbonyl (C=O) groups excluding carboxylic acids is 2. The number of benzene rings is 3. The van der Waals surface area contributed by atoms with Crippen LogP contribution in [0.4, 0.5) is 0 Å². The van der Waals surface area contributed by atoms with E-state index >= 15 is 0 Å². The van der Waals surface area contributed by atoms with Gasteiger partial charge in [0.15, 0.2) is 5.11 Å². The topological polar surface area (TPSA) is 58.6 Å². The van der Waals surface area contributed by atoms with E-state index in [1.165, 1.54) is 11.0 Å². The van der Waals surface area contributed by atoms with Gasteiger partial charge >= 0.3 is 0 Å². The van der Waals surface area contributed by atoms with E-state index in [1.807, 2.05) is 24.3 Å². The molecule has 4 rings (SSSR count). The molecular weight excluding hydrogens is 488 g/mol. The summed E-state index contributed by atoms with van der Waals surface area (Å²) in [5.74, 6) is -0.312. The third-order valence-electron chi connectivity index (χ3n) is 5.03. The molecule has 3 aromatic rings. The Morgan fingerprint density at radius 3 is 2.66 bits per heavy atom. The van der Waals surface area contributed by atoms with Crippen molar-refractivity contribution < 1.29 is 14.3 Å². The number of fused-ring (bicyclic) bond motifs is 1. The summed E-state index contributed by atoms with van der Waals surface area (Å²) in [5.41, 5.74) is 1.78. The number of thiocarbonyl (C=S) groups is 1. The first-order valence-corrected chi connectivity index (χ1v) is 11.1. The molecule has 0 radical (unpaired) electrons. The van der Waals surface area contributed by atoms with Gasteiger partial charge in [0.2, 0.25) is 0 Å². The maximum absolute atomic E-state index is 12.7. The van der Waals surface area contributed by atoms with E-state index in [-0.39, 0.29) is 17.2 Å². The minimum Gasteiger partial charge on any atom is -0.488 e. The molecule has 1 aliphatic heterocycles. The van der Waals surface area contributed by atoms with Gasteiger partial charge in [-0.3, -0.25) is 19.8 Å². The molecule has 2 amide bonds. The average molecular weight is 507 g/mol. The highest BCUT2D eigenvalue weighted by atomic mass is 79.9. The Hall–Kier alpha value is -3.29. The van der Waals surface area contributed by atoms with Crippen molar-refractivity contribution in [1.29, 1.82) is 0 Å². The number of nitrogens with one attached hydrogen (secondary N) is 1. The van der Waals surface area contributed by atoms with Crippen LogP contribution < -0.4 is 10.1 Å². The Morgan fingerprint density at radius 2 is 1.88 bits per heavy atom. The summed E-state index contributed by atoms with van der Waals surface area (Å²) in [7, 11) is 0. The largest absolute Gasteiger partial charge is 0.488 e. The molecule has 1 N–H and O–H groups in total. The zero-order valence-electron chi connectivity index (χ0n) is 17.0. The Bertz CT molecular complexity index is 1280. The van der Waals surface area contributed by atoms with E-state index in [0.29, 0.717) is 22.4 Å². The number of hydrogen-bond donors (Lipinski definition) is 1. The summed E-state index contributed by atoms with van der Waals surface area (Å²) in [5, 5.41) is 4.93. The minimum absolute atomic E-state index is 0.0109. The van der Waals surface area contributed by atoms with E-state index in [1.54, 1.807) is 24.3 Å². The monoisotopic (exact) mass is 506 g/mol. The molecule has 0 atom stereocenters. The molecule has 0 aromatic heterocycles. The Balaban J connectivity index is 1.54. The van der Waals surface area contributed by atoms with Gasteiger partial charge in [-0.25, -0.2) is 0 Å². The second-order valence-corrected chi connectivity index (χ2v) is 8.38. The predicted molar refractivity (Wildman–Crippen MR) is 133 cm³/mol. The molecule has 0 spiro atoms. The summed E-state index contributed by atoms with van der Waals surface area (Å²) in [6.45, 7) is 4.26. The van der Waals surface area contributed by atoms with E-state index in [0.717, 1.165) is 16.3 Å². The fourth-order valence-corrected chi connectivity index (χ4v) is 4.21. The van der Waals surface area contributed by atoms with Gasteiger partial charge in [-0.15, -0.1) is 6.58 Å². The number of hydrogen-bond acceptors (Lipinski definition) is 4. The van der Waals surface area contributed by atoms with Crippen LogP contribution in [-0.2, 0) is 16.2 Å². The number of nitrogens with zero attached hydrogens (tertiary/aromatic N) is 1. The number of amides is 2. The van der Waals surface area contributed by atoms with Crippen molar-refractivity contribution in [1.82, 2.24) is 10.2 Å². The molecule has 160 valence electrons. The van der Waals surface area contributed by atoms with Crippen LogP contribution in [0, 0.1) is 0 Å². The van der Waals surface area contributed by atoms with Crippen LogP contribution >= 0.6 is 28.1 Å². The van der Waals surface area contributed by atoms with E-state index in [4.69, 9.17) is 17.0 Å². The third-order valence-corrected chi connectivity index (χ3v) is 5.97. The third kappa shape index (κ3) is 4.49. The number of carbonyl (C=O) groups is 2. The number of halogens is 1. The van der Waals surface area contributed by atoms with E-state index in [2.05, 4.69) is 46.0 Å². The van der Waals surface area contributed by atoms with Crippen molar-refractivity contribution in [3.8, 4) is 5.75 Å². The highest BCUT2D eigenvalue weighted by Gasteiger charge is 2.32. The first-order chi connectivity index (χ1) is 15.5.